The fourth-order valence-electron chi connectivity index (χ4n) is 1.50. The van der Waals surface area contributed by atoms with E-state index in [-0.39, 0.29) is 6.04 Å². The van der Waals surface area contributed by atoms with Crippen molar-refractivity contribution >= 4 is 0 Å². The maximum atomic E-state index is 4.31. The molecule has 16 heavy (non-hydrogen) atoms. The molecule has 0 aliphatic heterocycles. The Morgan fingerprint density at radius 3 is 2.44 bits per heavy atom. The first-order valence-electron chi connectivity index (χ1n) is 5.40. The van der Waals surface area contributed by atoms with Crippen LogP contribution in [0.4, 0.5) is 0 Å². The van der Waals surface area contributed by atoms with Gasteiger partial charge in [-0.2, -0.15) is 0 Å². The number of nitrogens with one attached hydrogen (secondary N) is 1. The van der Waals surface area contributed by atoms with Gasteiger partial charge in [0.15, 0.2) is 0 Å². The second kappa shape index (κ2) is 5.37. The van der Waals surface area contributed by atoms with E-state index in [9.17, 15) is 0 Å². The lowest BCUT2D eigenvalue weighted by molar-refractivity contribution is 0.555. The van der Waals surface area contributed by atoms with Crippen LogP contribution in [0.3, 0.4) is 0 Å². The Labute approximate surface area is 95.6 Å². The highest BCUT2D eigenvalue weighted by Crippen LogP contribution is 2.08. The van der Waals surface area contributed by atoms with Crippen molar-refractivity contribution in [1.29, 1.82) is 0 Å². The molecule has 0 amide bonds. The Morgan fingerprint density at radius 1 is 1.06 bits per heavy atom. The average molecular weight is 213 g/mol. The highest BCUT2D eigenvalue weighted by molar-refractivity contribution is 5.09. The fourth-order valence-corrected chi connectivity index (χ4v) is 1.50. The maximum absolute atomic E-state index is 4.31. The highest BCUT2D eigenvalue weighted by atomic mass is 14.9. The topological polar surface area (TPSA) is 37.8 Å². The van der Waals surface area contributed by atoms with Gasteiger partial charge in [-0.1, -0.05) is 12.1 Å². The third-order valence-electron chi connectivity index (χ3n) is 2.45. The molecule has 0 aliphatic rings. The first-order chi connectivity index (χ1) is 7.86. The molecular weight excluding hydrogens is 198 g/mol. The van der Waals surface area contributed by atoms with Gasteiger partial charge in [-0.15, -0.1) is 0 Å². The average Bonchev–Trinajstić information content (AvgIpc) is 2.38. The Bertz CT molecular complexity index is 414. The molecule has 0 radical (unpaired) electrons. The molecule has 2 rings (SSSR count). The van der Waals surface area contributed by atoms with Gasteiger partial charge in [0.05, 0.1) is 11.4 Å². The molecular formula is C13H15N3. The molecule has 1 atom stereocenters. The second-order valence-corrected chi connectivity index (χ2v) is 3.68. The minimum atomic E-state index is 0.239. The van der Waals surface area contributed by atoms with Gasteiger partial charge in [0.2, 0.25) is 0 Å². The molecule has 0 fully saturated rings. The lowest BCUT2D eigenvalue weighted by atomic mass is 10.2. The molecule has 3 heteroatoms. The van der Waals surface area contributed by atoms with E-state index < -0.39 is 0 Å². The van der Waals surface area contributed by atoms with E-state index in [1.54, 1.807) is 0 Å². The zero-order valence-corrected chi connectivity index (χ0v) is 9.30. The molecule has 82 valence electrons. The van der Waals surface area contributed by atoms with Crippen molar-refractivity contribution in [1.82, 2.24) is 15.3 Å². The number of nitrogens with zero attached hydrogens (tertiary/aromatic N) is 2. The lowest BCUT2D eigenvalue weighted by Crippen LogP contribution is -2.19. The third-order valence-corrected chi connectivity index (χ3v) is 2.45. The van der Waals surface area contributed by atoms with E-state index in [2.05, 4.69) is 22.2 Å². The van der Waals surface area contributed by atoms with Crippen LogP contribution in [0.5, 0.6) is 0 Å². The summed E-state index contributed by atoms with van der Waals surface area (Å²) in [7, 11) is 0. The zero-order chi connectivity index (χ0) is 11.2. The fraction of sp³-hybridized carbons (Fsp3) is 0.231. The van der Waals surface area contributed by atoms with E-state index in [0.29, 0.717) is 0 Å². The van der Waals surface area contributed by atoms with E-state index in [0.717, 1.165) is 17.9 Å². The van der Waals surface area contributed by atoms with Crippen molar-refractivity contribution in [2.24, 2.45) is 0 Å². The van der Waals surface area contributed by atoms with Gasteiger partial charge in [-0.3, -0.25) is 9.97 Å². The van der Waals surface area contributed by atoms with Gasteiger partial charge < -0.3 is 5.32 Å². The van der Waals surface area contributed by atoms with Crippen molar-refractivity contribution in [2.75, 3.05) is 0 Å². The van der Waals surface area contributed by atoms with Crippen LogP contribution in [0.15, 0.2) is 48.8 Å². The standard InChI is InChI=1S/C13H15N3/c1-11(13-7-3-5-9-15-13)16-10-12-6-2-4-8-14-12/h2-9,11,16H,10H2,1H3/t11-/m1/s1. The summed E-state index contributed by atoms with van der Waals surface area (Å²) in [5.41, 5.74) is 2.10. The molecule has 0 aromatic carbocycles. The molecule has 0 unspecified atom stereocenters. The number of rotatable bonds is 4. The summed E-state index contributed by atoms with van der Waals surface area (Å²) < 4.78 is 0. The van der Waals surface area contributed by atoms with Crippen LogP contribution >= 0.6 is 0 Å². The van der Waals surface area contributed by atoms with Crippen LogP contribution in [0.1, 0.15) is 24.4 Å². The van der Waals surface area contributed by atoms with Gasteiger partial charge in [0, 0.05) is 25.0 Å². The van der Waals surface area contributed by atoms with E-state index >= 15 is 0 Å². The van der Waals surface area contributed by atoms with Gasteiger partial charge in [-0.25, -0.2) is 0 Å². The predicted molar refractivity (Wildman–Crippen MR) is 63.7 cm³/mol. The number of aromatic nitrogens is 2. The predicted octanol–water partition coefficient (Wildman–Crippen LogP) is 2.33. The molecule has 0 bridgehead atoms. The Kier molecular flexibility index (Phi) is 3.62. The van der Waals surface area contributed by atoms with Crippen molar-refractivity contribution in [2.45, 2.75) is 19.5 Å². The molecule has 0 spiro atoms. The van der Waals surface area contributed by atoms with E-state index in [4.69, 9.17) is 0 Å². The number of hydrogen-bond acceptors (Lipinski definition) is 3. The highest BCUT2D eigenvalue weighted by Gasteiger charge is 2.04. The minimum absolute atomic E-state index is 0.239. The first kappa shape index (κ1) is 10.8. The molecule has 2 aromatic heterocycles. The van der Waals surface area contributed by atoms with Crippen LogP contribution < -0.4 is 5.32 Å². The molecule has 2 aromatic rings. The van der Waals surface area contributed by atoms with Gasteiger partial charge in [0.1, 0.15) is 0 Å². The first-order valence-corrected chi connectivity index (χ1v) is 5.40. The van der Waals surface area contributed by atoms with Crippen LogP contribution in [0, 0.1) is 0 Å². The van der Waals surface area contributed by atoms with E-state index in [1.165, 1.54) is 0 Å². The minimum Gasteiger partial charge on any atom is -0.303 e. The molecule has 0 aliphatic carbocycles. The number of pyridine rings is 2. The largest absolute Gasteiger partial charge is 0.303 e. The molecule has 3 nitrogen and oxygen atoms in total. The summed E-state index contributed by atoms with van der Waals surface area (Å²) in [5.74, 6) is 0. The van der Waals surface area contributed by atoms with Crippen molar-refractivity contribution < 1.29 is 0 Å². The summed E-state index contributed by atoms with van der Waals surface area (Å²) in [6.45, 7) is 2.86. The Hall–Kier alpha value is -1.74. The summed E-state index contributed by atoms with van der Waals surface area (Å²) in [4.78, 5) is 8.57. The SMILES string of the molecule is C[C@@H](NCc1ccccn1)c1ccccn1. The second-order valence-electron chi connectivity index (χ2n) is 3.68. The van der Waals surface area contributed by atoms with E-state index in [1.807, 2.05) is 48.8 Å². The van der Waals surface area contributed by atoms with Crippen molar-refractivity contribution in [3.8, 4) is 0 Å². The molecule has 2 heterocycles. The molecule has 1 N–H and O–H groups in total. The Balaban J connectivity index is 1.92. The van der Waals surface area contributed by atoms with Crippen molar-refractivity contribution in [3.05, 3.63) is 60.2 Å². The summed E-state index contributed by atoms with van der Waals surface area (Å²) >= 11 is 0. The normalized spacial score (nSPS) is 12.3. The summed E-state index contributed by atoms with van der Waals surface area (Å²) in [6.07, 6.45) is 3.62. The quantitative estimate of drug-likeness (QED) is 0.847. The third kappa shape index (κ3) is 2.87. The summed E-state index contributed by atoms with van der Waals surface area (Å²) in [6, 6.07) is 12.1. The maximum Gasteiger partial charge on any atom is 0.0570 e. The smallest absolute Gasteiger partial charge is 0.0570 e. The molecule has 0 saturated heterocycles. The lowest BCUT2D eigenvalue weighted by Gasteiger charge is -2.12. The van der Waals surface area contributed by atoms with Gasteiger partial charge in [-0.05, 0) is 31.2 Å². The van der Waals surface area contributed by atoms with Gasteiger partial charge in [0.25, 0.3) is 0 Å². The monoisotopic (exact) mass is 213 g/mol. The zero-order valence-electron chi connectivity index (χ0n) is 9.30. The van der Waals surface area contributed by atoms with Crippen LogP contribution in [0.2, 0.25) is 0 Å². The Morgan fingerprint density at radius 2 is 1.81 bits per heavy atom. The van der Waals surface area contributed by atoms with Crippen molar-refractivity contribution in [3.63, 3.8) is 0 Å². The molecule has 0 saturated carbocycles. The van der Waals surface area contributed by atoms with Crippen LogP contribution in [-0.2, 0) is 6.54 Å². The van der Waals surface area contributed by atoms with Crippen LogP contribution in [-0.4, -0.2) is 9.97 Å². The summed E-state index contributed by atoms with van der Waals surface area (Å²) in [5, 5.41) is 3.39. The van der Waals surface area contributed by atoms with Crippen LogP contribution in [0.25, 0.3) is 0 Å². The van der Waals surface area contributed by atoms with Gasteiger partial charge >= 0.3 is 0 Å². The number of hydrogen-bond donors (Lipinski definition) is 1.